The van der Waals surface area contributed by atoms with E-state index in [1.54, 1.807) is 32.5 Å². The molecule has 0 fully saturated rings. The molecule has 0 aliphatic carbocycles. The van der Waals surface area contributed by atoms with Gasteiger partial charge >= 0.3 is 0 Å². The molecule has 2 aromatic heterocycles. The first-order valence-electron chi connectivity index (χ1n) is 9.08. The van der Waals surface area contributed by atoms with E-state index >= 15 is 0 Å². The minimum Gasteiger partial charge on any atom is -0.493 e. The standard InChI is InChI=1S/C21H21N5O3/c1-12-4-6-14(10-15(12)20-24-16-11-22-26-21(16)25-20)23-19(27)9-13-5-7-17(28-2)18(8-13)29-3/h4-8,10-11H,9H2,1-3H3,(H,23,27)(H2,22,24,25,26). The number of aromatic amines is 2. The summed E-state index contributed by atoms with van der Waals surface area (Å²) in [7, 11) is 3.15. The van der Waals surface area contributed by atoms with Crippen molar-refractivity contribution in [2.24, 2.45) is 0 Å². The lowest BCUT2D eigenvalue weighted by Gasteiger charge is -2.11. The highest BCUT2D eigenvalue weighted by Crippen LogP contribution is 2.28. The zero-order chi connectivity index (χ0) is 20.4. The van der Waals surface area contributed by atoms with Crippen molar-refractivity contribution in [3.63, 3.8) is 0 Å². The quantitative estimate of drug-likeness (QED) is 0.467. The molecule has 2 heterocycles. The van der Waals surface area contributed by atoms with E-state index in [-0.39, 0.29) is 12.3 Å². The molecule has 4 aromatic rings. The number of hydrogen-bond donors (Lipinski definition) is 3. The van der Waals surface area contributed by atoms with Gasteiger partial charge in [-0.25, -0.2) is 4.98 Å². The second-order valence-corrected chi connectivity index (χ2v) is 6.66. The Morgan fingerprint density at radius 2 is 1.93 bits per heavy atom. The average molecular weight is 391 g/mol. The molecule has 148 valence electrons. The van der Waals surface area contributed by atoms with Crippen LogP contribution in [-0.4, -0.2) is 40.3 Å². The number of benzene rings is 2. The number of hydrogen-bond acceptors (Lipinski definition) is 5. The van der Waals surface area contributed by atoms with Gasteiger partial charge < -0.3 is 19.8 Å². The lowest BCUT2D eigenvalue weighted by molar-refractivity contribution is -0.115. The van der Waals surface area contributed by atoms with Gasteiger partial charge in [-0.15, -0.1) is 0 Å². The number of carbonyl (C=O) groups excluding carboxylic acids is 1. The molecular formula is C21H21N5O3. The molecule has 4 rings (SSSR count). The first kappa shape index (κ1) is 18.5. The van der Waals surface area contributed by atoms with Gasteiger partial charge in [0, 0.05) is 11.3 Å². The van der Waals surface area contributed by atoms with Crippen molar-refractivity contribution in [2.45, 2.75) is 13.3 Å². The molecule has 3 N–H and O–H groups in total. The molecule has 0 unspecified atom stereocenters. The largest absolute Gasteiger partial charge is 0.493 e. The zero-order valence-corrected chi connectivity index (χ0v) is 16.4. The van der Waals surface area contributed by atoms with Crippen molar-refractivity contribution in [3.8, 4) is 22.9 Å². The third-order valence-corrected chi connectivity index (χ3v) is 4.68. The number of imidazole rings is 1. The Morgan fingerprint density at radius 1 is 1.10 bits per heavy atom. The van der Waals surface area contributed by atoms with E-state index in [2.05, 4.69) is 25.5 Å². The number of fused-ring (bicyclic) bond motifs is 1. The van der Waals surface area contributed by atoms with Crippen molar-refractivity contribution in [3.05, 3.63) is 53.7 Å². The van der Waals surface area contributed by atoms with Crippen LogP contribution in [0.2, 0.25) is 0 Å². The topological polar surface area (TPSA) is 105 Å². The van der Waals surface area contributed by atoms with Crippen LogP contribution in [0.25, 0.3) is 22.6 Å². The van der Waals surface area contributed by atoms with Gasteiger partial charge in [0.1, 0.15) is 11.3 Å². The number of carbonyl (C=O) groups is 1. The number of aryl methyl sites for hydroxylation is 1. The summed E-state index contributed by atoms with van der Waals surface area (Å²) in [5.74, 6) is 1.83. The molecule has 2 aromatic carbocycles. The second kappa shape index (κ2) is 7.67. The van der Waals surface area contributed by atoms with Gasteiger partial charge in [-0.2, -0.15) is 5.10 Å². The SMILES string of the molecule is COc1ccc(CC(=O)Nc2ccc(C)c(-c3nc4[nH]ncc4[nH]3)c2)cc1OC. The number of anilines is 1. The molecule has 0 radical (unpaired) electrons. The lowest BCUT2D eigenvalue weighted by Crippen LogP contribution is -2.14. The van der Waals surface area contributed by atoms with Gasteiger partial charge in [0.2, 0.25) is 5.91 Å². The second-order valence-electron chi connectivity index (χ2n) is 6.66. The molecule has 0 spiro atoms. The number of methoxy groups -OCH3 is 2. The molecule has 8 heteroatoms. The predicted octanol–water partition coefficient (Wildman–Crippen LogP) is 3.46. The van der Waals surface area contributed by atoms with Gasteiger partial charge in [-0.1, -0.05) is 12.1 Å². The van der Waals surface area contributed by atoms with Crippen molar-refractivity contribution in [2.75, 3.05) is 19.5 Å². The molecule has 0 saturated carbocycles. The Balaban J connectivity index is 1.52. The highest BCUT2D eigenvalue weighted by Gasteiger charge is 2.12. The number of nitrogens with zero attached hydrogens (tertiary/aromatic N) is 2. The molecular weight excluding hydrogens is 370 g/mol. The number of amides is 1. The highest BCUT2D eigenvalue weighted by atomic mass is 16.5. The van der Waals surface area contributed by atoms with E-state index in [1.165, 1.54) is 0 Å². The van der Waals surface area contributed by atoms with Crippen LogP contribution in [0.4, 0.5) is 5.69 Å². The van der Waals surface area contributed by atoms with Crippen LogP contribution in [0.3, 0.4) is 0 Å². The number of nitrogens with one attached hydrogen (secondary N) is 3. The minimum absolute atomic E-state index is 0.122. The fourth-order valence-electron chi connectivity index (χ4n) is 3.19. The highest BCUT2D eigenvalue weighted by molar-refractivity contribution is 5.93. The average Bonchev–Trinajstić information content (AvgIpc) is 3.31. The molecule has 0 atom stereocenters. The first-order chi connectivity index (χ1) is 14.1. The first-order valence-corrected chi connectivity index (χ1v) is 9.08. The van der Waals surface area contributed by atoms with E-state index in [0.29, 0.717) is 22.8 Å². The molecule has 0 aliphatic rings. The van der Waals surface area contributed by atoms with Crippen molar-refractivity contribution in [1.29, 1.82) is 0 Å². The monoisotopic (exact) mass is 391 g/mol. The maximum Gasteiger partial charge on any atom is 0.228 e. The van der Waals surface area contributed by atoms with Crippen LogP contribution >= 0.6 is 0 Å². The van der Waals surface area contributed by atoms with E-state index in [9.17, 15) is 4.79 Å². The van der Waals surface area contributed by atoms with Crippen LogP contribution in [0.1, 0.15) is 11.1 Å². The smallest absolute Gasteiger partial charge is 0.228 e. The van der Waals surface area contributed by atoms with Crippen molar-refractivity contribution in [1.82, 2.24) is 20.2 Å². The Bertz CT molecular complexity index is 1150. The predicted molar refractivity (Wildman–Crippen MR) is 110 cm³/mol. The number of aromatic nitrogens is 4. The van der Waals surface area contributed by atoms with E-state index in [1.807, 2.05) is 31.2 Å². The van der Waals surface area contributed by atoms with Gasteiger partial charge in [-0.05, 0) is 42.3 Å². The van der Waals surface area contributed by atoms with Crippen LogP contribution in [0, 0.1) is 6.92 Å². The van der Waals surface area contributed by atoms with E-state index < -0.39 is 0 Å². The van der Waals surface area contributed by atoms with Crippen molar-refractivity contribution < 1.29 is 14.3 Å². The van der Waals surface area contributed by atoms with E-state index in [4.69, 9.17) is 9.47 Å². The summed E-state index contributed by atoms with van der Waals surface area (Å²) in [5.41, 5.74) is 5.03. The summed E-state index contributed by atoms with van der Waals surface area (Å²) in [6.45, 7) is 2.00. The molecule has 1 amide bonds. The fraction of sp³-hybridized carbons (Fsp3) is 0.190. The summed E-state index contributed by atoms with van der Waals surface area (Å²) in [5, 5.41) is 9.73. The number of H-pyrrole nitrogens is 2. The third-order valence-electron chi connectivity index (χ3n) is 4.68. The summed E-state index contributed by atoms with van der Waals surface area (Å²) >= 11 is 0. The molecule has 0 bridgehead atoms. The minimum atomic E-state index is -0.122. The molecule has 29 heavy (non-hydrogen) atoms. The van der Waals surface area contributed by atoms with Crippen molar-refractivity contribution >= 4 is 22.8 Å². The number of rotatable bonds is 6. The Kier molecular flexibility index (Phi) is 4.90. The number of ether oxygens (including phenoxy) is 2. The normalized spacial score (nSPS) is 10.9. The third kappa shape index (κ3) is 3.77. The van der Waals surface area contributed by atoms with Crippen LogP contribution in [0.5, 0.6) is 11.5 Å². The summed E-state index contributed by atoms with van der Waals surface area (Å²) in [4.78, 5) is 20.3. The molecule has 0 saturated heterocycles. The van der Waals surface area contributed by atoms with E-state index in [0.717, 1.165) is 28.0 Å². The van der Waals surface area contributed by atoms with Crippen LogP contribution in [0.15, 0.2) is 42.6 Å². The van der Waals surface area contributed by atoms with Crippen LogP contribution in [-0.2, 0) is 11.2 Å². The van der Waals surface area contributed by atoms with Crippen LogP contribution < -0.4 is 14.8 Å². The Labute approximate surface area is 167 Å². The van der Waals surface area contributed by atoms with Gasteiger partial charge in [0.05, 0.1) is 26.8 Å². The summed E-state index contributed by atoms with van der Waals surface area (Å²) in [6, 6.07) is 11.2. The zero-order valence-electron chi connectivity index (χ0n) is 16.4. The Hall–Kier alpha value is -3.81. The summed E-state index contributed by atoms with van der Waals surface area (Å²) < 4.78 is 10.5. The van der Waals surface area contributed by atoms with Gasteiger partial charge in [0.15, 0.2) is 17.1 Å². The Morgan fingerprint density at radius 3 is 2.69 bits per heavy atom. The molecule has 0 aliphatic heterocycles. The van der Waals surface area contributed by atoms with Gasteiger partial charge in [0.25, 0.3) is 0 Å². The maximum absolute atomic E-state index is 12.5. The summed E-state index contributed by atoms with van der Waals surface area (Å²) in [6.07, 6.45) is 1.91. The maximum atomic E-state index is 12.5. The molecule has 8 nitrogen and oxygen atoms in total. The fourth-order valence-corrected chi connectivity index (χ4v) is 3.19. The van der Waals surface area contributed by atoms with Gasteiger partial charge in [-0.3, -0.25) is 9.89 Å². The lowest BCUT2D eigenvalue weighted by atomic mass is 10.1.